The Morgan fingerprint density at radius 3 is 2.76 bits per heavy atom. The molecule has 2 amide bonds. The van der Waals surface area contributed by atoms with Gasteiger partial charge in [0.1, 0.15) is 5.69 Å². The van der Waals surface area contributed by atoms with Crippen molar-refractivity contribution < 1.29 is 14.4 Å². The molecule has 1 unspecified atom stereocenters. The van der Waals surface area contributed by atoms with E-state index in [4.69, 9.17) is 9.82 Å². The molecule has 29 heavy (non-hydrogen) atoms. The van der Waals surface area contributed by atoms with Crippen LogP contribution in [0.3, 0.4) is 0 Å². The lowest BCUT2D eigenvalue weighted by molar-refractivity contribution is -0.113. The zero-order chi connectivity index (χ0) is 20.2. The van der Waals surface area contributed by atoms with Crippen LogP contribution in [0.2, 0.25) is 0 Å². The van der Waals surface area contributed by atoms with Gasteiger partial charge in [-0.25, -0.2) is 9.78 Å². The molecular formula is C21H30N4O3S. The van der Waals surface area contributed by atoms with Gasteiger partial charge in [0.05, 0.1) is 5.01 Å². The second kappa shape index (κ2) is 9.26. The SMILES string of the molecule is CCNC(=O)ON1CCC(c2nc(C(=O)N3CCCC4CCCC=C43)cs2)CC1. The molecule has 1 N–H and O–H groups in total. The number of carbonyl (C=O) groups excluding carboxylic acids is 2. The van der Waals surface area contributed by atoms with E-state index in [-0.39, 0.29) is 5.91 Å². The summed E-state index contributed by atoms with van der Waals surface area (Å²) < 4.78 is 0. The van der Waals surface area contributed by atoms with Crippen molar-refractivity contribution in [3.8, 4) is 0 Å². The van der Waals surface area contributed by atoms with E-state index in [1.54, 1.807) is 16.4 Å². The third kappa shape index (κ3) is 4.64. The lowest BCUT2D eigenvalue weighted by atomic mass is 9.85. The van der Waals surface area contributed by atoms with Gasteiger partial charge in [-0.2, -0.15) is 0 Å². The summed E-state index contributed by atoms with van der Waals surface area (Å²) in [5, 5.41) is 7.30. The lowest BCUT2D eigenvalue weighted by Gasteiger charge is -2.37. The highest BCUT2D eigenvalue weighted by Gasteiger charge is 2.32. The van der Waals surface area contributed by atoms with Gasteiger partial charge in [0, 0.05) is 43.2 Å². The minimum atomic E-state index is -0.398. The van der Waals surface area contributed by atoms with Crippen LogP contribution in [0.15, 0.2) is 17.2 Å². The molecule has 0 radical (unpaired) electrons. The van der Waals surface area contributed by atoms with Crippen LogP contribution in [0.4, 0.5) is 4.79 Å². The van der Waals surface area contributed by atoms with E-state index in [2.05, 4.69) is 11.4 Å². The number of nitrogens with zero attached hydrogens (tertiary/aromatic N) is 3. The van der Waals surface area contributed by atoms with Gasteiger partial charge in [-0.15, -0.1) is 16.4 Å². The van der Waals surface area contributed by atoms with E-state index >= 15 is 0 Å². The Kier molecular flexibility index (Phi) is 6.50. The van der Waals surface area contributed by atoms with Gasteiger partial charge in [-0.3, -0.25) is 4.79 Å². The smallest absolute Gasteiger partial charge is 0.351 e. The van der Waals surface area contributed by atoms with Crippen LogP contribution < -0.4 is 5.32 Å². The van der Waals surface area contributed by atoms with E-state index in [0.29, 0.717) is 37.2 Å². The van der Waals surface area contributed by atoms with E-state index in [9.17, 15) is 9.59 Å². The van der Waals surface area contributed by atoms with Crippen molar-refractivity contribution in [3.05, 3.63) is 27.9 Å². The number of hydrogen-bond acceptors (Lipinski definition) is 6. The summed E-state index contributed by atoms with van der Waals surface area (Å²) in [5.41, 5.74) is 1.82. The summed E-state index contributed by atoms with van der Waals surface area (Å²) in [6.45, 7) is 4.60. The molecule has 3 heterocycles. The second-order valence-corrected chi connectivity index (χ2v) is 8.93. The average Bonchev–Trinajstić information content (AvgIpc) is 3.24. The molecule has 1 atom stereocenters. The molecule has 1 aromatic rings. The Bertz CT molecular complexity index is 770. The monoisotopic (exact) mass is 418 g/mol. The van der Waals surface area contributed by atoms with Crippen molar-refractivity contribution in [2.45, 2.75) is 57.8 Å². The van der Waals surface area contributed by atoms with E-state index in [1.807, 2.05) is 17.2 Å². The predicted octanol–water partition coefficient (Wildman–Crippen LogP) is 3.90. The summed E-state index contributed by atoms with van der Waals surface area (Å²) in [6.07, 6.45) is 9.41. The summed E-state index contributed by atoms with van der Waals surface area (Å²) in [4.78, 5) is 36.7. The normalized spacial score (nSPS) is 23.3. The van der Waals surface area contributed by atoms with Crippen LogP contribution in [0, 0.1) is 5.92 Å². The molecule has 158 valence electrons. The number of allylic oxidation sites excluding steroid dienone is 2. The highest BCUT2D eigenvalue weighted by molar-refractivity contribution is 7.09. The van der Waals surface area contributed by atoms with Gasteiger partial charge in [0.2, 0.25) is 0 Å². The number of hydroxylamine groups is 2. The first kappa shape index (κ1) is 20.3. The molecule has 0 bridgehead atoms. The molecule has 3 aliphatic rings. The molecule has 1 aliphatic carbocycles. The summed E-state index contributed by atoms with van der Waals surface area (Å²) in [7, 11) is 0. The standard InChI is InChI=1S/C21H30N4O3S/c1-2-22-21(27)28-24-12-9-16(10-13-24)19-23-17(14-29-19)20(26)25-11-5-7-15-6-3-4-8-18(15)25/h8,14-16H,2-7,9-13H2,1H3,(H,22,27). The predicted molar refractivity (Wildman–Crippen MR) is 112 cm³/mol. The number of aromatic nitrogens is 1. The summed E-state index contributed by atoms with van der Waals surface area (Å²) in [6, 6.07) is 0. The summed E-state index contributed by atoms with van der Waals surface area (Å²) in [5.74, 6) is 0.926. The first-order chi connectivity index (χ1) is 14.2. The first-order valence-corrected chi connectivity index (χ1v) is 11.7. The van der Waals surface area contributed by atoms with Gasteiger partial charge < -0.3 is 15.1 Å². The van der Waals surface area contributed by atoms with E-state index < -0.39 is 6.09 Å². The van der Waals surface area contributed by atoms with Gasteiger partial charge in [-0.1, -0.05) is 6.08 Å². The Labute approximate surface area is 176 Å². The maximum Gasteiger partial charge on any atom is 0.426 e. The molecule has 2 fully saturated rings. The number of likely N-dealkylation sites (tertiary alicyclic amines) is 1. The largest absolute Gasteiger partial charge is 0.426 e. The zero-order valence-electron chi connectivity index (χ0n) is 17.1. The lowest BCUT2D eigenvalue weighted by Crippen LogP contribution is -2.39. The van der Waals surface area contributed by atoms with Crippen LogP contribution in [0.1, 0.15) is 73.3 Å². The molecule has 2 saturated heterocycles. The Morgan fingerprint density at radius 2 is 1.97 bits per heavy atom. The van der Waals surface area contributed by atoms with Gasteiger partial charge >= 0.3 is 6.09 Å². The number of rotatable bonds is 4. The Balaban J connectivity index is 1.36. The number of carbonyl (C=O) groups is 2. The third-order valence-electron chi connectivity index (χ3n) is 6.10. The van der Waals surface area contributed by atoms with Crippen molar-refractivity contribution in [2.24, 2.45) is 5.92 Å². The maximum absolute atomic E-state index is 13.1. The number of piperidine rings is 2. The van der Waals surface area contributed by atoms with Crippen molar-refractivity contribution in [1.29, 1.82) is 0 Å². The third-order valence-corrected chi connectivity index (χ3v) is 7.10. The zero-order valence-corrected chi connectivity index (χ0v) is 17.9. The molecule has 4 rings (SSSR count). The van der Waals surface area contributed by atoms with Crippen LogP contribution in [0.5, 0.6) is 0 Å². The molecule has 7 nitrogen and oxygen atoms in total. The molecule has 2 aliphatic heterocycles. The fraction of sp³-hybridized carbons (Fsp3) is 0.667. The second-order valence-electron chi connectivity index (χ2n) is 8.04. The Hall–Kier alpha value is -1.93. The van der Waals surface area contributed by atoms with Crippen molar-refractivity contribution in [1.82, 2.24) is 20.3 Å². The Morgan fingerprint density at radius 1 is 1.17 bits per heavy atom. The van der Waals surface area contributed by atoms with Crippen molar-refractivity contribution in [3.63, 3.8) is 0 Å². The highest BCUT2D eigenvalue weighted by Crippen LogP contribution is 2.36. The number of hydrogen-bond donors (Lipinski definition) is 1. The minimum Gasteiger partial charge on any atom is -0.351 e. The fourth-order valence-electron chi connectivity index (χ4n) is 4.59. The molecule has 0 aromatic carbocycles. The molecule has 0 saturated carbocycles. The number of fused-ring (bicyclic) bond motifs is 1. The van der Waals surface area contributed by atoms with Crippen molar-refractivity contribution in [2.75, 3.05) is 26.2 Å². The van der Waals surface area contributed by atoms with E-state index in [0.717, 1.165) is 37.2 Å². The minimum absolute atomic E-state index is 0.0577. The molecular weight excluding hydrogens is 388 g/mol. The molecule has 8 heteroatoms. The fourth-order valence-corrected chi connectivity index (χ4v) is 5.56. The average molecular weight is 419 g/mol. The number of amides is 2. The molecule has 0 spiro atoms. The van der Waals surface area contributed by atoms with Crippen LogP contribution in [0.25, 0.3) is 0 Å². The van der Waals surface area contributed by atoms with Crippen LogP contribution >= 0.6 is 11.3 Å². The van der Waals surface area contributed by atoms with Crippen LogP contribution in [-0.2, 0) is 4.84 Å². The number of nitrogens with one attached hydrogen (secondary N) is 1. The van der Waals surface area contributed by atoms with E-state index in [1.165, 1.54) is 25.0 Å². The van der Waals surface area contributed by atoms with Crippen LogP contribution in [-0.4, -0.2) is 53.1 Å². The van der Waals surface area contributed by atoms with Gasteiger partial charge in [-0.05, 0) is 57.8 Å². The topological polar surface area (TPSA) is 74.8 Å². The van der Waals surface area contributed by atoms with Gasteiger partial charge in [0.15, 0.2) is 0 Å². The maximum atomic E-state index is 13.1. The summed E-state index contributed by atoms with van der Waals surface area (Å²) >= 11 is 1.58. The highest BCUT2D eigenvalue weighted by atomic mass is 32.1. The van der Waals surface area contributed by atoms with Crippen molar-refractivity contribution >= 4 is 23.3 Å². The molecule has 1 aromatic heterocycles. The number of thiazole rings is 1. The first-order valence-electron chi connectivity index (χ1n) is 10.8. The van der Waals surface area contributed by atoms with Gasteiger partial charge in [0.25, 0.3) is 5.91 Å². The quantitative estimate of drug-likeness (QED) is 0.803.